The van der Waals surface area contributed by atoms with E-state index in [-0.39, 0.29) is 11.7 Å². The zero-order valence-electron chi connectivity index (χ0n) is 14.0. The van der Waals surface area contributed by atoms with Gasteiger partial charge in [0.05, 0.1) is 12.9 Å². The number of thioether (sulfide) groups is 1. The molecule has 1 aliphatic rings. The largest absolute Gasteiger partial charge is 0.497 e. The van der Waals surface area contributed by atoms with E-state index in [0.717, 1.165) is 35.6 Å². The number of rotatable bonds is 6. The summed E-state index contributed by atoms with van der Waals surface area (Å²) in [6.45, 7) is 1.60. The van der Waals surface area contributed by atoms with E-state index in [2.05, 4.69) is 25.4 Å². The van der Waals surface area contributed by atoms with Gasteiger partial charge in [-0.05, 0) is 24.3 Å². The first kappa shape index (κ1) is 16.9. The Bertz CT molecular complexity index is 894. The van der Waals surface area contributed by atoms with Crippen LogP contribution in [-0.2, 0) is 11.3 Å². The van der Waals surface area contributed by atoms with Gasteiger partial charge in [0.25, 0.3) is 0 Å². The molecule has 134 valence electrons. The molecule has 2 aromatic heterocycles. The highest BCUT2D eigenvalue weighted by molar-refractivity contribution is 7.99. The Hall–Kier alpha value is -2.59. The molecule has 1 aliphatic heterocycles. The minimum Gasteiger partial charge on any atom is -0.497 e. The van der Waals surface area contributed by atoms with E-state index in [1.807, 2.05) is 34.2 Å². The van der Waals surface area contributed by atoms with Gasteiger partial charge in [-0.2, -0.15) is 0 Å². The predicted molar refractivity (Wildman–Crippen MR) is 101 cm³/mol. The van der Waals surface area contributed by atoms with Gasteiger partial charge in [-0.15, -0.1) is 21.5 Å². The molecule has 1 amide bonds. The van der Waals surface area contributed by atoms with E-state index in [4.69, 9.17) is 4.74 Å². The Morgan fingerprint density at radius 2 is 2.15 bits per heavy atom. The number of hydrogen-bond donors (Lipinski definition) is 1. The summed E-state index contributed by atoms with van der Waals surface area (Å²) in [6, 6.07) is 7.84. The van der Waals surface area contributed by atoms with Crippen LogP contribution in [0.15, 0.2) is 41.0 Å². The highest BCUT2D eigenvalue weighted by Crippen LogP contribution is 2.32. The number of aromatic nitrogens is 4. The predicted octanol–water partition coefficient (Wildman–Crippen LogP) is 2.63. The molecule has 10 heteroatoms. The maximum atomic E-state index is 12.0. The summed E-state index contributed by atoms with van der Waals surface area (Å²) >= 11 is 2.77. The number of benzene rings is 1. The molecule has 0 radical (unpaired) electrons. The number of methoxy groups -OCH3 is 1. The van der Waals surface area contributed by atoms with Crippen LogP contribution in [0, 0.1) is 0 Å². The molecular formula is C16H16N6O2S2. The summed E-state index contributed by atoms with van der Waals surface area (Å²) in [5.74, 6) is 1.77. The summed E-state index contributed by atoms with van der Waals surface area (Å²) < 4.78 is 7.23. The number of nitrogens with one attached hydrogen (secondary N) is 1. The van der Waals surface area contributed by atoms with E-state index in [1.54, 1.807) is 13.3 Å². The molecule has 0 bridgehead atoms. The third-order valence-corrected chi connectivity index (χ3v) is 5.54. The lowest BCUT2D eigenvalue weighted by atomic mass is 10.3. The fraction of sp³-hybridized carbons (Fsp3) is 0.250. The normalized spacial score (nSPS) is 12.9. The van der Waals surface area contributed by atoms with Crippen LogP contribution < -0.4 is 15.0 Å². The Labute approximate surface area is 158 Å². The number of ether oxygens (including phenoxy) is 1. The monoisotopic (exact) mass is 388 g/mol. The first-order valence-corrected chi connectivity index (χ1v) is 9.78. The molecule has 3 aromatic rings. The van der Waals surface area contributed by atoms with Gasteiger partial charge in [-0.1, -0.05) is 11.8 Å². The van der Waals surface area contributed by atoms with Crippen molar-refractivity contribution in [2.45, 2.75) is 11.7 Å². The quantitative estimate of drug-likeness (QED) is 0.650. The molecule has 0 spiro atoms. The maximum Gasteiger partial charge on any atom is 0.236 e. The molecule has 0 aliphatic carbocycles. The third kappa shape index (κ3) is 3.37. The van der Waals surface area contributed by atoms with Crippen molar-refractivity contribution in [3.8, 4) is 5.75 Å². The first-order chi connectivity index (χ1) is 12.7. The van der Waals surface area contributed by atoms with Gasteiger partial charge in [0, 0.05) is 30.4 Å². The van der Waals surface area contributed by atoms with Crippen LogP contribution in [-0.4, -0.2) is 45.1 Å². The molecular weight excluding hydrogens is 372 g/mol. The summed E-state index contributed by atoms with van der Waals surface area (Å²) in [5.41, 5.74) is 1.04. The zero-order chi connectivity index (χ0) is 17.9. The van der Waals surface area contributed by atoms with E-state index in [1.165, 1.54) is 23.1 Å². The molecule has 26 heavy (non-hydrogen) atoms. The lowest BCUT2D eigenvalue weighted by Crippen LogP contribution is -2.14. The van der Waals surface area contributed by atoms with E-state index < -0.39 is 0 Å². The molecule has 8 nitrogen and oxygen atoms in total. The van der Waals surface area contributed by atoms with Gasteiger partial charge in [-0.25, -0.2) is 4.98 Å². The number of carbonyl (C=O) groups is 1. The summed E-state index contributed by atoms with van der Waals surface area (Å²) in [5, 5.41) is 14.5. The Morgan fingerprint density at radius 3 is 2.88 bits per heavy atom. The molecule has 1 aromatic carbocycles. The smallest absolute Gasteiger partial charge is 0.236 e. The molecule has 0 atom stereocenters. The fourth-order valence-corrected chi connectivity index (χ4v) is 3.97. The molecule has 3 heterocycles. The fourth-order valence-electron chi connectivity index (χ4n) is 2.66. The summed E-state index contributed by atoms with van der Waals surface area (Å²) in [4.78, 5) is 18.2. The average Bonchev–Trinajstić information content (AvgIpc) is 3.38. The maximum absolute atomic E-state index is 12.0. The topological polar surface area (TPSA) is 85.2 Å². The number of amides is 1. The van der Waals surface area contributed by atoms with Crippen molar-refractivity contribution in [2.75, 3.05) is 29.6 Å². The highest BCUT2D eigenvalue weighted by atomic mass is 32.2. The number of anilines is 3. The van der Waals surface area contributed by atoms with Crippen LogP contribution in [0.4, 0.5) is 16.8 Å². The van der Waals surface area contributed by atoms with Crippen LogP contribution in [0.2, 0.25) is 0 Å². The van der Waals surface area contributed by atoms with Gasteiger partial charge in [-0.3, -0.25) is 9.36 Å². The van der Waals surface area contributed by atoms with Crippen molar-refractivity contribution in [1.82, 2.24) is 19.7 Å². The molecule has 1 N–H and O–H groups in total. The number of carbonyl (C=O) groups excluding carboxylic acids is 1. The molecule has 0 fully saturated rings. The van der Waals surface area contributed by atoms with Crippen LogP contribution >= 0.6 is 23.1 Å². The summed E-state index contributed by atoms with van der Waals surface area (Å²) in [6.07, 6.45) is 1.66. The second-order valence-electron chi connectivity index (χ2n) is 5.46. The van der Waals surface area contributed by atoms with E-state index in [9.17, 15) is 4.79 Å². The van der Waals surface area contributed by atoms with E-state index >= 15 is 0 Å². The molecule has 0 saturated carbocycles. The highest BCUT2D eigenvalue weighted by Gasteiger charge is 2.26. The minimum atomic E-state index is -0.104. The standard InChI is InChI=1S/C16H16N6O2S2/c1-24-12-4-2-11(3-5-12)21-7-8-22-15(21)19-20-16(22)26-10-13(23)18-14-17-6-9-25-14/h2-6,9H,7-8,10H2,1H3,(H,17,18,23). The molecule has 4 rings (SSSR count). The number of nitrogens with zero attached hydrogens (tertiary/aromatic N) is 5. The van der Waals surface area contributed by atoms with Crippen LogP contribution in [0.3, 0.4) is 0 Å². The van der Waals surface area contributed by atoms with Crippen molar-refractivity contribution in [2.24, 2.45) is 0 Å². The van der Waals surface area contributed by atoms with Crippen molar-refractivity contribution in [3.05, 3.63) is 35.8 Å². The Kier molecular flexibility index (Phi) is 4.76. The Morgan fingerprint density at radius 1 is 1.31 bits per heavy atom. The van der Waals surface area contributed by atoms with Crippen LogP contribution in [0.25, 0.3) is 0 Å². The second kappa shape index (κ2) is 7.34. The molecule has 0 saturated heterocycles. The van der Waals surface area contributed by atoms with Crippen molar-refractivity contribution < 1.29 is 9.53 Å². The van der Waals surface area contributed by atoms with Crippen molar-refractivity contribution >= 4 is 45.8 Å². The molecule has 0 unspecified atom stereocenters. The van der Waals surface area contributed by atoms with Gasteiger partial charge in [0.2, 0.25) is 11.9 Å². The SMILES string of the molecule is COc1ccc(N2CCn3c(SCC(=O)Nc4nccs4)nnc32)cc1. The number of fused-ring (bicyclic) bond motifs is 1. The Balaban J connectivity index is 1.42. The lowest BCUT2D eigenvalue weighted by Gasteiger charge is -2.15. The van der Waals surface area contributed by atoms with Gasteiger partial charge in [0.1, 0.15) is 5.75 Å². The zero-order valence-corrected chi connectivity index (χ0v) is 15.6. The van der Waals surface area contributed by atoms with E-state index in [0.29, 0.717) is 5.13 Å². The van der Waals surface area contributed by atoms with Gasteiger partial charge in [0.15, 0.2) is 10.3 Å². The van der Waals surface area contributed by atoms with Crippen molar-refractivity contribution in [1.29, 1.82) is 0 Å². The van der Waals surface area contributed by atoms with Gasteiger partial charge < -0.3 is 15.0 Å². The second-order valence-corrected chi connectivity index (χ2v) is 7.30. The number of thiazole rings is 1. The summed E-state index contributed by atoms with van der Waals surface area (Å²) in [7, 11) is 1.65. The average molecular weight is 388 g/mol. The minimum absolute atomic E-state index is 0.104. The lowest BCUT2D eigenvalue weighted by molar-refractivity contribution is -0.113. The van der Waals surface area contributed by atoms with Gasteiger partial charge >= 0.3 is 0 Å². The van der Waals surface area contributed by atoms with Crippen LogP contribution in [0.5, 0.6) is 5.75 Å². The number of hydrogen-bond acceptors (Lipinski definition) is 8. The third-order valence-electron chi connectivity index (χ3n) is 3.88. The van der Waals surface area contributed by atoms with Crippen molar-refractivity contribution in [3.63, 3.8) is 0 Å². The first-order valence-electron chi connectivity index (χ1n) is 7.91. The van der Waals surface area contributed by atoms with Crippen LogP contribution in [0.1, 0.15) is 0 Å².